The third kappa shape index (κ3) is 16.0. The number of carbonyl (C=O) groups is 2. The van der Waals surface area contributed by atoms with Crippen LogP contribution in [0.3, 0.4) is 0 Å². The van der Waals surface area contributed by atoms with E-state index in [1.54, 1.807) is 30.4 Å². The van der Waals surface area contributed by atoms with Crippen molar-refractivity contribution in [2.45, 2.75) is 179 Å². The van der Waals surface area contributed by atoms with E-state index in [1.807, 2.05) is 62.4 Å². The molecule has 1 unspecified atom stereocenters. The Hall–Kier alpha value is -9.52. The molecule has 11 aromatic rings. The lowest BCUT2D eigenvalue weighted by Gasteiger charge is -2.17. The lowest BCUT2D eigenvalue weighted by Crippen LogP contribution is -2.24. The highest BCUT2D eigenvalue weighted by atomic mass is 16.5. The first-order valence-electron chi connectivity index (χ1n) is 32.8. The summed E-state index contributed by atoms with van der Waals surface area (Å²) in [5.41, 5.74) is 13.8. The maximum absolute atomic E-state index is 12.7. The second kappa shape index (κ2) is 31.0. The summed E-state index contributed by atoms with van der Waals surface area (Å²) in [4.78, 5) is 52.9. The SMILES string of the molecule is C=c1c(-c2cccc(C(=O)NCCCCCCCC)c2)nc2nc(-c3ccc(C(=O)NCCCCCCCC)cc3)nn12.C=c1c(C(CC)Oc2ccc(C)cc2C)nc2nc(CCC)nn12.C=c1nc(-n2nc(C)cc2C)n2nc(-c3c(C)cc(C)cc3C)nc12. The molecule has 0 aliphatic carbocycles. The van der Waals surface area contributed by atoms with E-state index in [-0.39, 0.29) is 17.9 Å². The Bertz CT molecular complexity index is 4440. The van der Waals surface area contributed by atoms with Crippen molar-refractivity contribution in [2.24, 2.45) is 0 Å². The van der Waals surface area contributed by atoms with Crippen molar-refractivity contribution in [1.82, 2.24) is 79.2 Å². The van der Waals surface area contributed by atoms with Crippen molar-refractivity contribution in [3.05, 3.63) is 163 Å². The van der Waals surface area contributed by atoms with E-state index < -0.39 is 0 Å². The van der Waals surface area contributed by atoms with Crippen molar-refractivity contribution in [2.75, 3.05) is 13.1 Å². The first kappa shape index (κ1) is 66.9. The van der Waals surface area contributed by atoms with Gasteiger partial charge in [0.1, 0.15) is 22.9 Å². The number of ether oxygens (including phenoxy) is 1. The Kier molecular flexibility index (Phi) is 22.5. The number of nitrogens with one attached hydrogen (secondary N) is 2. The number of aromatic nitrogens is 14. The number of amides is 2. The molecule has 0 saturated carbocycles. The second-order valence-corrected chi connectivity index (χ2v) is 24.1. The molecule has 2 amide bonds. The summed E-state index contributed by atoms with van der Waals surface area (Å²) in [6.07, 6.45) is 16.8. The molecule has 4 aromatic carbocycles. The van der Waals surface area contributed by atoms with Gasteiger partial charge in [0.2, 0.25) is 0 Å². The molecule has 480 valence electrons. The van der Waals surface area contributed by atoms with Gasteiger partial charge >= 0.3 is 0 Å². The summed E-state index contributed by atoms with van der Waals surface area (Å²) >= 11 is 0. The first-order chi connectivity index (χ1) is 44.4. The van der Waals surface area contributed by atoms with Crippen LogP contribution in [0.15, 0.2) is 84.9 Å². The zero-order valence-electron chi connectivity index (χ0n) is 55.8. The number of rotatable bonds is 26. The molecule has 92 heavy (non-hydrogen) atoms. The number of nitrogens with zero attached hydrogens (tertiary/aromatic N) is 14. The van der Waals surface area contributed by atoms with Gasteiger partial charge in [0.05, 0.1) is 22.1 Å². The van der Waals surface area contributed by atoms with Gasteiger partial charge in [0.15, 0.2) is 23.1 Å². The maximum Gasteiger partial charge on any atom is 0.254 e. The molecule has 11 rings (SSSR count). The van der Waals surface area contributed by atoms with Crippen molar-refractivity contribution in [3.63, 3.8) is 0 Å². The van der Waals surface area contributed by atoms with Gasteiger partial charge in [-0.05, 0) is 127 Å². The number of unbranched alkanes of at least 4 members (excludes halogenated alkanes) is 10. The minimum atomic E-state index is -0.156. The molecule has 2 N–H and O–H groups in total. The number of fused-ring (bicyclic) bond motifs is 3. The highest BCUT2D eigenvalue weighted by Crippen LogP contribution is 2.29. The van der Waals surface area contributed by atoms with Crippen LogP contribution in [0.25, 0.3) is 76.9 Å². The van der Waals surface area contributed by atoms with Crippen LogP contribution in [-0.2, 0) is 6.42 Å². The third-order valence-corrected chi connectivity index (χ3v) is 16.3. The molecule has 7 aromatic heterocycles. The smallest absolute Gasteiger partial charge is 0.254 e. The molecule has 0 radical (unpaired) electrons. The van der Waals surface area contributed by atoms with Crippen LogP contribution in [0.2, 0.25) is 0 Å². The molecular weight excluding hydrogens is 1150 g/mol. The zero-order valence-corrected chi connectivity index (χ0v) is 55.8. The van der Waals surface area contributed by atoms with Crippen LogP contribution in [0.5, 0.6) is 5.75 Å². The largest absolute Gasteiger partial charge is 0.484 e. The average molecular weight is 1240 g/mol. The second-order valence-electron chi connectivity index (χ2n) is 24.1. The Labute approximate surface area is 540 Å². The van der Waals surface area contributed by atoms with Crippen molar-refractivity contribution in [3.8, 4) is 45.7 Å². The topological polar surface area (TPSA) is 214 Å². The van der Waals surface area contributed by atoms with E-state index in [0.717, 1.165) is 112 Å². The minimum absolute atomic E-state index is 0.0682. The van der Waals surface area contributed by atoms with Gasteiger partial charge < -0.3 is 15.4 Å². The van der Waals surface area contributed by atoms with Gasteiger partial charge in [-0.1, -0.05) is 171 Å². The first-order valence-corrected chi connectivity index (χ1v) is 32.8. The van der Waals surface area contributed by atoms with Gasteiger partial charge in [-0.25, -0.2) is 24.6 Å². The number of imidazole rings is 3. The fourth-order valence-corrected chi connectivity index (χ4v) is 11.5. The van der Waals surface area contributed by atoms with Crippen LogP contribution < -0.4 is 31.4 Å². The van der Waals surface area contributed by atoms with Crippen LogP contribution in [0.4, 0.5) is 0 Å². The fourth-order valence-electron chi connectivity index (χ4n) is 11.5. The van der Waals surface area contributed by atoms with E-state index in [4.69, 9.17) is 14.8 Å². The third-order valence-electron chi connectivity index (χ3n) is 16.3. The van der Waals surface area contributed by atoms with Gasteiger partial charge in [0.25, 0.3) is 29.3 Å². The zero-order chi connectivity index (χ0) is 65.6. The van der Waals surface area contributed by atoms with Crippen LogP contribution in [0, 0.1) is 48.5 Å². The Balaban J connectivity index is 0.000000174. The molecule has 0 saturated heterocycles. The minimum Gasteiger partial charge on any atom is -0.484 e. The van der Waals surface area contributed by atoms with Crippen molar-refractivity contribution in [1.29, 1.82) is 0 Å². The molecule has 0 bridgehead atoms. The lowest BCUT2D eigenvalue weighted by molar-refractivity contribution is 0.0944. The lowest BCUT2D eigenvalue weighted by atomic mass is 9.99. The van der Waals surface area contributed by atoms with E-state index in [0.29, 0.717) is 75.4 Å². The standard InChI is InChI=1S/C35H46N6O2.C19H20N6.C19H24N4O/c1-4-6-8-10-12-14-23-36-33(42)28-21-19-27(20-22-28)32-39-35-38-31(26(3)41(35)40-32)29-17-16-18-30(25-29)34(43)37-24-15-13-11-9-7-5-2;1-10-7-11(2)16(12(3)8-10)17-21-18-15(6)20-19(25(18)23-17)24-14(5)9-13(4)22-24;1-6-8-17-20-19-21-18(14(5)23(19)22-17)15(7-2)24-16-10-9-12(3)11-13(16)4/h16-22,25H,3-15,23-24H2,1-2H3,(H,36,42)(H,37,43);7-9H,6H2,1-5H3;9-11,15H,5-8H2,1-4H3. The number of benzene rings is 4. The van der Waals surface area contributed by atoms with Gasteiger partial charge in [-0.15, -0.1) is 15.3 Å². The van der Waals surface area contributed by atoms with Gasteiger partial charge in [-0.2, -0.15) is 28.6 Å². The highest BCUT2D eigenvalue weighted by molar-refractivity contribution is 5.95. The Morgan fingerprint density at radius 1 is 0.533 bits per heavy atom. The number of carbonyl (C=O) groups excluding carboxylic acids is 2. The molecule has 1 atom stereocenters. The molecule has 0 fully saturated rings. The van der Waals surface area contributed by atoms with Crippen molar-refractivity contribution < 1.29 is 14.3 Å². The summed E-state index contributed by atoms with van der Waals surface area (Å²) in [6.45, 7) is 36.7. The predicted molar refractivity (Wildman–Crippen MR) is 367 cm³/mol. The molecule has 0 aliphatic rings. The van der Waals surface area contributed by atoms with Crippen LogP contribution >= 0.6 is 0 Å². The van der Waals surface area contributed by atoms with Crippen LogP contribution in [-0.4, -0.2) is 93.4 Å². The normalized spacial score (nSPS) is 11.7. The predicted octanol–water partition coefficient (Wildman–Crippen LogP) is 12.8. The molecular formula is C73H90N16O3. The van der Waals surface area contributed by atoms with E-state index >= 15 is 0 Å². The average Bonchev–Trinajstić information content (AvgIpc) is 1.63. The number of aryl methyl sites for hydroxylation is 8. The number of hydrogen-bond acceptors (Lipinski definition) is 13. The van der Waals surface area contributed by atoms with Gasteiger partial charge in [0, 0.05) is 53.0 Å². The molecule has 0 aliphatic heterocycles. The Morgan fingerprint density at radius 2 is 1.15 bits per heavy atom. The fraction of sp³-hybridized carbons (Fsp3) is 0.397. The molecule has 19 nitrogen and oxygen atoms in total. The number of hydrogen-bond donors (Lipinski definition) is 2. The summed E-state index contributed by atoms with van der Waals surface area (Å²) in [6, 6.07) is 27.2. The van der Waals surface area contributed by atoms with Crippen LogP contribution in [0.1, 0.15) is 195 Å². The molecule has 19 heteroatoms. The van der Waals surface area contributed by atoms with E-state index in [9.17, 15) is 9.59 Å². The summed E-state index contributed by atoms with van der Waals surface area (Å²) in [5, 5.41) is 26.4. The molecule has 0 spiro atoms. The monoisotopic (exact) mass is 1240 g/mol. The van der Waals surface area contributed by atoms with Crippen molar-refractivity contribution >= 4 is 48.8 Å². The quantitative estimate of drug-likeness (QED) is 0.0483. The van der Waals surface area contributed by atoms with Gasteiger partial charge in [-0.3, -0.25) is 9.59 Å². The summed E-state index contributed by atoms with van der Waals surface area (Å²) in [5.74, 6) is 4.42. The maximum atomic E-state index is 12.7. The Morgan fingerprint density at radius 3 is 1.76 bits per heavy atom. The molecule has 7 heterocycles. The summed E-state index contributed by atoms with van der Waals surface area (Å²) in [7, 11) is 0. The van der Waals surface area contributed by atoms with E-state index in [1.165, 1.54) is 62.5 Å². The van der Waals surface area contributed by atoms with E-state index in [2.05, 4.69) is 157 Å². The highest BCUT2D eigenvalue weighted by Gasteiger charge is 2.23. The summed E-state index contributed by atoms with van der Waals surface area (Å²) < 4.78 is 13.1.